The van der Waals surface area contributed by atoms with Crippen molar-refractivity contribution in [2.75, 3.05) is 13.1 Å². The van der Waals surface area contributed by atoms with Crippen molar-refractivity contribution in [2.24, 2.45) is 0 Å². The van der Waals surface area contributed by atoms with Gasteiger partial charge in [0.2, 0.25) is 0 Å². The number of nitrogens with one attached hydrogen (secondary N) is 1. The number of amides is 1. The highest BCUT2D eigenvalue weighted by molar-refractivity contribution is 5.68. The maximum Gasteiger partial charge on any atom is 0.410 e. The Kier molecular flexibility index (Phi) is 6.99. The van der Waals surface area contributed by atoms with Gasteiger partial charge < -0.3 is 20.1 Å². The maximum absolute atomic E-state index is 12.2. The van der Waals surface area contributed by atoms with Crippen molar-refractivity contribution in [3.8, 4) is 0 Å². The first kappa shape index (κ1) is 19.1. The van der Waals surface area contributed by atoms with E-state index in [9.17, 15) is 13.6 Å². The van der Waals surface area contributed by atoms with Crippen LogP contribution in [0.3, 0.4) is 0 Å². The molecule has 0 aliphatic carbocycles. The summed E-state index contributed by atoms with van der Waals surface area (Å²) in [5.74, 6) is 0. The summed E-state index contributed by atoms with van der Waals surface area (Å²) in [6.45, 7) is 7.84. The van der Waals surface area contributed by atoms with Crippen molar-refractivity contribution in [1.29, 1.82) is 0 Å². The molecule has 0 saturated carbocycles. The van der Waals surface area contributed by atoms with E-state index in [0.29, 0.717) is 13.0 Å². The predicted molar refractivity (Wildman–Crippen MR) is 80.1 cm³/mol. The van der Waals surface area contributed by atoms with Crippen molar-refractivity contribution in [2.45, 2.75) is 77.2 Å². The Morgan fingerprint density at radius 1 is 1.45 bits per heavy atom. The molecule has 0 aromatic heterocycles. The summed E-state index contributed by atoms with van der Waals surface area (Å²) in [4.78, 5) is 13.9. The molecule has 0 radical (unpaired) electrons. The maximum atomic E-state index is 12.2. The SMILES string of the molecule is CC(CC1CCCN1C(=O)OC(C)(C)C)NCC(O)C(F)F. The number of nitrogens with zero attached hydrogens (tertiary/aromatic N) is 1. The Morgan fingerprint density at radius 2 is 2.09 bits per heavy atom. The van der Waals surface area contributed by atoms with Gasteiger partial charge in [0.05, 0.1) is 0 Å². The Labute approximate surface area is 131 Å². The predicted octanol–water partition coefficient (Wildman–Crippen LogP) is 2.38. The number of carbonyl (C=O) groups is 1. The van der Waals surface area contributed by atoms with Crippen molar-refractivity contribution < 1.29 is 23.4 Å². The molecule has 0 bridgehead atoms. The van der Waals surface area contributed by atoms with Gasteiger partial charge in [-0.25, -0.2) is 13.6 Å². The van der Waals surface area contributed by atoms with Crippen molar-refractivity contribution in [3.05, 3.63) is 0 Å². The molecule has 3 atom stereocenters. The van der Waals surface area contributed by atoms with Crippen LogP contribution < -0.4 is 5.32 Å². The molecule has 1 aliphatic heterocycles. The van der Waals surface area contributed by atoms with E-state index in [4.69, 9.17) is 9.84 Å². The lowest BCUT2D eigenvalue weighted by Crippen LogP contribution is -2.44. The minimum absolute atomic E-state index is 0.0426. The average molecular weight is 322 g/mol. The highest BCUT2D eigenvalue weighted by Crippen LogP contribution is 2.24. The van der Waals surface area contributed by atoms with E-state index in [2.05, 4.69) is 5.32 Å². The van der Waals surface area contributed by atoms with E-state index >= 15 is 0 Å². The summed E-state index contributed by atoms with van der Waals surface area (Å²) in [5, 5.41) is 12.0. The second-order valence-corrected chi connectivity index (χ2v) is 6.92. The molecule has 5 nitrogen and oxygen atoms in total. The fourth-order valence-corrected chi connectivity index (χ4v) is 2.54. The van der Waals surface area contributed by atoms with Crippen LogP contribution in [0.25, 0.3) is 0 Å². The van der Waals surface area contributed by atoms with E-state index < -0.39 is 18.1 Å². The molecule has 1 saturated heterocycles. The molecule has 130 valence electrons. The highest BCUT2D eigenvalue weighted by atomic mass is 19.3. The van der Waals surface area contributed by atoms with Gasteiger partial charge in [0.1, 0.15) is 11.7 Å². The molecule has 1 amide bonds. The van der Waals surface area contributed by atoms with Gasteiger partial charge >= 0.3 is 6.09 Å². The van der Waals surface area contributed by atoms with Gasteiger partial charge in [-0.1, -0.05) is 0 Å². The van der Waals surface area contributed by atoms with Crippen LogP contribution in [0.5, 0.6) is 0 Å². The van der Waals surface area contributed by atoms with Gasteiger partial charge in [-0.2, -0.15) is 0 Å². The van der Waals surface area contributed by atoms with Gasteiger partial charge in [0, 0.05) is 25.2 Å². The Hall–Kier alpha value is -0.950. The molecule has 3 unspecified atom stereocenters. The first-order valence-corrected chi connectivity index (χ1v) is 7.79. The van der Waals surface area contributed by atoms with Gasteiger partial charge in [-0.15, -0.1) is 0 Å². The normalized spacial score (nSPS) is 22.0. The van der Waals surface area contributed by atoms with E-state index in [1.54, 1.807) is 4.90 Å². The third-order valence-electron chi connectivity index (χ3n) is 3.60. The minimum Gasteiger partial charge on any atom is -0.444 e. The molecule has 0 spiro atoms. The fraction of sp³-hybridized carbons (Fsp3) is 0.933. The topological polar surface area (TPSA) is 61.8 Å². The summed E-state index contributed by atoms with van der Waals surface area (Å²) in [6.07, 6.45) is -2.29. The number of hydrogen-bond acceptors (Lipinski definition) is 4. The average Bonchev–Trinajstić information content (AvgIpc) is 2.81. The Morgan fingerprint density at radius 3 is 2.64 bits per heavy atom. The number of aliphatic hydroxyl groups is 1. The molecule has 7 heteroatoms. The summed E-state index contributed by atoms with van der Waals surface area (Å²) < 4.78 is 29.9. The van der Waals surface area contributed by atoms with E-state index in [1.165, 1.54) is 0 Å². The number of hydrogen-bond donors (Lipinski definition) is 2. The fourth-order valence-electron chi connectivity index (χ4n) is 2.54. The van der Waals surface area contributed by atoms with E-state index in [1.807, 2.05) is 27.7 Å². The van der Waals surface area contributed by atoms with Crippen LogP contribution >= 0.6 is 0 Å². The molecule has 1 fully saturated rings. The first-order valence-electron chi connectivity index (χ1n) is 7.79. The molecule has 0 aromatic rings. The number of aliphatic hydroxyl groups excluding tert-OH is 1. The molecular weight excluding hydrogens is 294 g/mol. The number of likely N-dealkylation sites (tertiary alicyclic amines) is 1. The Bertz CT molecular complexity index is 361. The van der Waals surface area contributed by atoms with Crippen LogP contribution in [-0.4, -0.2) is 59.4 Å². The van der Waals surface area contributed by atoms with Crippen molar-refractivity contribution in [3.63, 3.8) is 0 Å². The summed E-state index contributed by atoms with van der Waals surface area (Å²) in [5.41, 5.74) is -0.532. The number of alkyl halides is 2. The quantitative estimate of drug-likeness (QED) is 0.788. The number of carbonyl (C=O) groups excluding carboxylic acids is 1. The zero-order chi connectivity index (χ0) is 16.9. The summed E-state index contributed by atoms with van der Waals surface area (Å²) in [7, 11) is 0. The first-order chi connectivity index (χ1) is 10.1. The van der Waals surface area contributed by atoms with Gasteiger partial charge in [-0.05, 0) is 47.0 Å². The lowest BCUT2D eigenvalue weighted by molar-refractivity contribution is -0.00501. The number of ether oxygens (including phenoxy) is 1. The van der Waals surface area contributed by atoms with Crippen LogP contribution in [-0.2, 0) is 4.74 Å². The summed E-state index contributed by atoms with van der Waals surface area (Å²) >= 11 is 0. The zero-order valence-corrected chi connectivity index (χ0v) is 13.8. The summed E-state index contributed by atoms with van der Waals surface area (Å²) in [6, 6.07) is -0.0255. The van der Waals surface area contributed by atoms with Crippen LogP contribution in [0.2, 0.25) is 0 Å². The number of halogens is 2. The van der Waals surface area contributed by atoms with Crippen LogP contribution in [0, 0.1) is 0 Å². The van der Waals surface area contributed by atoms with Crippen molar-refractivity contribution >= 4 is 6.09 Å². The lowest BCUT2D eigenvalue weighted by atomic mass is 10.1. The molecular formula is C15H28F2N2O3. The number of rotatable bonds is 6. The smallest absolute Gasteiger partial charge is 0.410 e. The lowest BCUT2D eigenvalue weighted by Gasteiger charge is -2.30. The van der Waals surface area contributed by atoms with Gasteiger partial charge in [0.25, 0.3) is 6.43 Å². The van der Waals surface area contributed by atoms with Crippen LogP contribution in [0.1, 0.15) is 47.0 Å². The van der Waals surface area contributed by atoms with E-state index in [0.717, 1.165) is 12.8 Å². The van der Waals surface area contributed by atoms with Crippen LogP contribution in [0.4, 0.5) is 13.6 Å². The van der Waals surface area contributed by atoms with Crippen LogP contribution in [0.15, 0.2) is 0 Å². The zero-order valence-electron chi connectivity index (χ0n) is 13.8. The molecule has 22 heavy (non-hydrogen) atoms. The molecule has 2 N–H and O–H groups in total. The minimum atomic E-state index is -2.75. The second-order valence-electron chi connectivity index (χ2n) is 6.92. The van der Waals surface area contributed by atoms with E-state index in [-0.39, 0.29) is 24.7 Å². The third kappa shape index (κ3) is 6.44. The molecule has 1 rings (SSSR count). The van der Waals surface area contributed by atoms with Gasteiger partial charge in [0.15, 0.2) is 0 Å². The standard InChI is InChI=1S/C15H28F2N2O3/c1-10(18-9-12(20)13(16)17)8-11-6-5-7-19(11)14(21)22-15(2,3)4/h10-13,18,20H,5-9H2,1-4H3. The third-order valence-corrected chi connectivity index (χ3v) is 3.60. The van der Waals surface area contributed by atoms with Crippen molar-refractivity contribution in [1.82, 2.24) is 10.2 Å². The molecule has 1 aliphatic rings. The molecule has 0 aromatic carbocycles. The molecule has 1 heterocycles. The second kappa shape index (κ2) is 8.06. The monoisotopic (exact) mass is 322 g/mol. The van der Waals surface area contributed by atoms with Gasteiger partial charge in [-0.3, -0.25) is 0 Å². The largest absolute Gasteiger partial charge is 0.444 e. The highest BCUT2D eigenvalue weighted by Gasteiger charge is 2.33. The Balaban J connectivity index is 2.44.